The Bertz CT molecular complexity index is 414. The number of rotatable bonds is 6. The minimum absolute atomic E-state index is 0.0716. The minimum atomic E-state index is -2.85. The van der Waals surface area contributed by atoms with Crippen LogP contribution in [0.2, 0.25) is 0 Å². The Kier molecular flexibility index (Phi) is 5.06. The predicted molar refractivity (Wildman–Crippen MR) is 74.1 cm³/mol. The van der Waals surface area contributed by atoms with Gasteiger partial charge in [-0.15, -0.1) is 0 Å². The van der Waals surface area contributed by atoms with E-state index in [9.17, 15) is 8.78 Å². The molecule has 2 heteroatoms. The lowest BCUT2D eigenvalue weighted by molar-refractivity contribution is 0.0895. The highest BCUT2D eigenvalue weighted by Crippen LogP contribution is 2.33. The van der Waals surface area contributed by atoms with Gasteiger partial charge < -0.3 is 0 Å². The Morgan fingerprint density at radius 2 is 1.94 bits per heavy atom. The van der Waals surface area contributed by atoms with Crippen molar-refractivity contribution in [1.82, 2.24) is 0 Å². The van der Waals surface area contributed by atoms with Gasteiger partial charge in [-0.05, 0) is 36.5 Å². The van der Waals surface area contributed by atoms with Crippen molar-refractivity contribution in [3.63, 3.8) is 0 Å². The van der Waals surface area contributed by atoms with Gasteiger partial charge in [0.05, 0.1) is 0 Å². The lowest BCUT2D eigenvalue weighted by Crippen LogP contribution is -2.13. The zero-order valence-electron chi connectivity index (χ0n) is 11.5. The molecule has 18 heavy (non-hydrogen) atoms. The van der Waals surface area contributed by atoms with Gasteiger partial charge in [0.1, 0.15) is 0 Å². The Labute approximate surface area is 109 Å². The molecule has 0 N–H and O–H groups in total. The lowest BCUT2D eigenvalue weighted by Gasteiger charge is -2.19. The fourth-order valence-corrected chi connectivity index (χ4v) is 2.11. The maximum atomic E-state index is 13.4. The quantitative estimate of drug-likeness (QED) is 0.595. The number of hydrogen-bond donors (Lipinski definition) is 0. The average molecular weight is 252 g/mol. The molecular weight excluding hydrogens is 230 g/mol. The molecule has 1 aromatic rings. The van der Waals surface area contributed by atoms with Crippen LogP contribution >= 0.6 is 0 Å². The number of unbranched alkanes of at least 4 members (excludes halogenated alkanes) is 2. The molecule has 0 radical (unpaired) electrons. The van der Waals surface area contributed by atoms with Crippen LogP contribution in [0.4, 0.5) is 8.78 Å². The SMILES string of the molecule is C=C(c1cccc(C)c1CCCCC)C(C)(F)F. The van der Waals surface area contributed by atoms with Crippen LogP contribution in [0.15, 0.2) is 24.8 Å². The van der Waals surface area contributed by atoms with Gasteiger partial charge in [-0.1, -0.05) is 44.5 Å². The summed E-state index contributed by atoms with van der Waals surface area (Å²) in [5, 5.41) is 0. The summed E-state index contributed by atoms with van der Waals surface area (Å²) in [4.78, 5) is 0. The van der Waals surface area contributed by atoms with Crippen LogP contribution in [0, 0.1) is 6.92 Å². The van der Waals surface area contributed by atoms with Crippen molar-refractivity contribution >= 4 is 5.57 Å². The summed E-state index contributed by atoms with van der Waals surface area (Å²) in [5.41, 5.74) is 2.66. The summed E-state index contributed by atoms with van der Waals surface area (Å²) in [6.07, 6.45) is 4.15. The van der Waals surface area contributed by atoms with Crippen molar-refractivity contribution in [3.05, 3.63) is 41.5 Å². The highest BCUT2D eigenvalue weighted by molar-refractivity contribution is 5.71. The van der Waals surface area contributed by atoms with Crippen LogP contribution < -0.4 is 0 Å². The second-order valence-corrected chi connectivity index (χ2v) is 4.93. The summed E-state index contributed by atoms with van der Waals surface area (Å²) in [6.45, 7) is 8.60. The van der Waals surface area contributed by atoms with Crippen LogP contribution in [0.3, 0.4) is 0 Å². The maximum absolute atomic E-state index is 13.4. The molecule has 0 aromatic heterocycles. The van der Waals surface area contributed by atoms with Gasteiger partial charge in [0, 0.05) is 12.5 Å². The number of alkyl halides is 2. The van der Waals surface area contributed by atoms with Crippen molar-refractivity contribution in [2.45, 2.75) is 52.4 Å². The van der Waals surface area contributed by atoms with Crippen LogP contribution in [-0.2, 0) is 6.42 Å². The maximum Gasteiger partial charge on any atom is 0.270 e. The fourth-order valence-electron chi connectivity index (χ4n) is 2.11. The van der Waals surface area contributed by atoms with Crippen molar-refractivity contribution < 1.29 is 8.78 Å². The van der Waals surface area contributed by atoms with Crippen LogP contribution in [0.5, 0.6) is 0 Å². The van der Waals surface area contributed by atoms with E-state index >= 15 is 0 Å². The molecule has 0 bridgehead atoms. The average Bonchev–Trinajstić information content (AvgIpc) is 2.29. The van der Waals surface area contributed by atoms with Gasteiger partial charge in [0.15, 0.2) is 0 Å². The molecule has 0 saturated heterocycles. The van der Waals surface area contributed by atoms with E-state index in [4.69, 9.17) is 0 Å². The van der Waals surface area contributed by atoms with E-state index in [2.05, 4.69) is 13.5 Å². The third-order valence-electron chi connectivity index (χ3n) is 3.30. The van der Waals surface area contributed by atoms with E-state index < -0.39 is 5.92 Å². The molecule has 0 aliphatic carbocycles. The summed E-state index contributed by atoms with van der Waals surface area (Å²) >= 11 is 0. The number of allylic oxidation sites excluding steroid dienone is 1. The van der Waals surface area contributed by atoms with E-state index in [0.29, 0.717) is 5.56 Å². The molecule has 1 aromatic carbocycles. The second kappa shape index (κ2) is 6.12. The van der Waals surface area contributed by atoms with Crippen molar-refractivity contribution in [2.24, 2.45) is 0 Å². The molecule has 1 rings (SSSR count). The third kappa shape index (κ3) is 3.66. The van der Waals surface area contributed by atoms with E-state index in [0.717, 1.165) is 43.7 Å². The lowest BCUT2D eigenvalue weighted by atomic mass is 9.91. The molecule has 0 spiro atoms. The molecule has 0 saturated carbocycles. The summed E-state index contributed by atoms with van der Waals surface area (Å²) in [7, 11) is 0. The molecule has 0 unspecified atom stereocenters. The molecule has 0 atom stereocenters. The van der Waals surface area contributed by atoms with Gasteiger partial charge in [-0.2, -0.15) is 0 Å². The minimum Gasteiger partial charge on any atom is -0.202 e. The Hall–Kier alpha value is -1.18. The van der Waals surface area contributed by atoms with Gasteiger partial charge in [0.25, 0.3) is 5.92 Å². The first kappa shape index (κ1) is 14.9. The fraction of sp³-hybridized carbons (Fsp3) is 0.500. The highest BCUT2D eigenvalue weighted by Gasteiger charge is 2.28. The molecule has 100 valence electrons. The zero-order chi connectivity index (χ0) is 13.8. The zero-order valence-corrected chi connectivity index (χ0v) is 11.5. The molecular formula is C16H22F2. The van der Waals surface area contributed by atoms with E-state index in [1.54, 1.807) is 6.07 Å². The standard InChI is InChI=1S/C16H22F2/c1-5-6-7-10-14-12(2)9-8-11-15(14)13(3)16(4,17)18/h8-9,11H,3,5-7,10H2,1-2,4H3. The van der Waals surface area contributed by atoms with Crippen LogP contribution in [-0.4, -0.2) is 5.92 Å². The first-order valence-corrected chi connectivity index (χ1v) is 6.54. The molecule has 0 fully saturated rings. The number of halogens is 2. The third-order valence-corrected chi connectivity index (χ3v) is 3.30. The first-order valence-electron chi connectivity index (χ1n) is 6.54. The Morgan fingerprint density at radius 3 is 2.50 bits per heavy atom. The number of hydrogen-bond acceptors (Lipinski definition) is 0. The number of aryl methyl sites for hydroxylation is 1. The highest BCUT2D eigenvalue weighted by atomic mass is 19.3. The molecule has 0 aliphatic heterocycles. The smallest absolute Gasteiger partial charge is 0.202 e. The van der Waals surface area contributed by atoms with Crippen LogP contribution in [0.25, 0.3) is 5.57 Å². The largest absolute Gasteiger partial charge is 0.270 e. The van der Waals surface area contributed by atoms with Crippen molar-refractivity contribution in [1.29, 1.82) is 0 Å². The van der Waals surface area contributed by atoms with Gasteiger partial charge in [-0.25, -0.2) is 8.78 Å². The predicted octanol–water partition coefficient (Wildman–Crippen LogP) is 5.40. The molecule has 0 nitrogen and oxygen atoms in total. The summed E-state index contributed by atoms with van der Waals surface area (Å²) in [6, 6.07) is 5.56. The molecule has 0 heterocycles. The van der Waals surface area contributed by atoms with E-state index in [1.807, 2.05) is 19.1 Å². The van der Waals surface area contributed by atoms with Crippen molar-refractivity contribution in [2.75, 3.05) is 0 Å². The first-order chi connectivity index (χ1) is 8.38. The second-order valence-electron chi connectivity index (χ2n) is 4.93. The monoisotopic (exact) mass is 252 g/mol. The van der Waals surface area contributed by atoms with Crippen molar-refractivity contribution in [3.8, 4) is 0 Å². The topological polar surface area (TPSA) is 0 Å². The van der Waals surface area contributed by atoms with Gasteiger partial charge >= 0.3 is 0 Å². The van der Waals surface area contributed by atoms with Gasteiger partial charge in [0.2, 0.25) is 0 Å². The Morgan fingerprint density at radius 1 is 1.28 bits per heavy atom. The summed E-state index contributed by atoms with van der Waals surface area (Å²) in [5.74, 6) is -2.85. The van der Waals surface area contributed by atoms with E-state index in [-0.39, 0.29) is 5.57 Å². The normalized spacial score (nSPS) is 11.6. The van der Waals surface area contributed by atoms with Crippen LogP contribution in [0.1, 0.15) is 49.8 Å². The molecule has 0 amide bonds. The number of benzene rings is 1. The van der Waals surface area contributed by atoms with E-state index in [1.165, 1.54) is 0 Å². The summed E-state index contributed by atoms with van der Waals surface area (Å²) < 4.78 is 26.8. The Balaban J connectivity index is 3.04. The molecule has 0 aliphatic rings. The van der Waals surface area contributed by atoms with Gasteiger partial charge in [-0.3, -0.25) is 0 Å².